The summed E-state index contributed by atoms with van der Waals surface area (Å²) in [5.41, 5.74) is 2.14. The molecule has 0 atom stereocenters. The normalized spacial score (nSPS) is 12.0. The molecule has 0 aliphatic carbocycles. The van der Waals surface area contributed by atoms with Crippen molar-refractivity contribution in [1.29, 1.82) is 0 Å². The zero-order valence-corrected chi connectivity index (χ0v) is 18.3. The van der Waals surface area contributed by atoms with Crippen LogP contribution >= 0.6 is 0 Å². The molecular weight excluding hydrogens is 420 g/mol. The summed E-state index contributed by atoms with van der Waals surface area (Å²) in [5.74, 6) is 0.872. The first kappa shape index (κ1) is 22.0. The largest absolute Gasteiger partial charge is 0.497 e. The predicted octanol–water partition coefficient (Wildman–Crippen LogP) is 3.12. The fraction of sp³-hybridized carbons (Fsp3) is 0.200. The molecule has 0 radical (unpaired) electrons. The van der Waals surface area contributed by atoms with Crippen LogP contribution in [0.2, 0.25) is 0 Å². The van der Waals surface area contributed by atoms with E-state index in [0.717, 1.165) is 24.2 Å². The van der Waals surface area contributed by atoms with Crippen molar-refractivity contribution in [2.45, 2.75) is 25.9 Å². The third-order valence-corrected chi connectivity index (χ3v) is 5.50. The van der Waals surface area contributed by atoms with Gasteiger partial charge in [-0.3, -0.25) is 14.4 Å². The Labute approximate surface area is 191 Å². The Morgan fingerprint density at radius 3 is 2.45 bits per heavy atom. The standard InChI is InChI=1S/C25H24N4O4/c1-3-21(30)26-15-16-6-8-18(9-7-16)25(32)28-24-22(29-14-4-5-20(29)27-24)23(31)17-10-12-19(33-2)13-11-17/h3,6-13H,1,4-5,14-15H2,2H3,(H,26,30)(H,28,32). The molecule has 0 saturated heterocycles. The van der Waals surface area contributed by atoms with E-state index in [0.29, 0.717) is 35.7 Å². The molecule has 0 bridgehead atoms. The molecule has 8 nitrogen and oxygen atoms in total. The molecule has 2 amide bonds. The second-order valence-corrected chi connectivity index (χ2v) is 7.61. The minimum absolute atomic E-state index is 0.207. The van der Waals surface area contributed by atoms with Gasteiger partial charge in [0, 0.05) is 30.6 Å². The summed E-state index contributed by atoms with van der Waals surface area (Å²) in [4.78, 5) is 42.0. The average Bonchev–Trinajstić information content (AvgIpc) is 3.43. The third-order valence-electron chi connectivity index (χ3n) is 5.50. The van der Waals surface area contributed by atoms with E-state index in [2.05, 4.69) is 22.2 Å². The molecule has 1 aliphatic rings. The fourth-order valence-electron chi connectivity index (χ4n) is 3.74. The lowest BCUT2D eigenvalue weighted by atomic mass is 10.1. The highest BCUT2D eigenvalue weighted by Crippen LogP contribution is 2.27. The number of ketones is 1. The van der Waals surface area contributed by atoms with Gasteiger partial charge in [-0.25, -0.2) is 4.98 Å². The van der Waals surface area contributed by atoms with Gasteiger partial charge in [0.1, 0.15) is 17.3 Å². The van der Waals surface area contributed by atoms with Gasteiger partial charge in [0.05, 0.1) is 7.11 Å². The molecule has 2 N–H and O–H groups in total. The highest BCUT2D eigenvalue weighted by atomic mass is 16.5. The lowest BCUT2D eigenvalue weighted by Gasteiger charge is -2.09. The van der Waals surface area contributed by atoms with Crippen molar-refractivity contribution in [2.24, 2.45) is 0 Å². The van der Waals surface area contributed by atoms with Crippen LogP contribution in [-0.2, 0) is 24.3 Å². The maximum atomic E-state index is 13.3. The number of aryl methyl sites for hydroxylation is 1. The van der Waals surface area contributed by atoms with Crippen molar-refractivity contribution >= 4 is 23.4 Å². The second-order valence-electron chi connectivity index (χ2n) is 7.61. The van der Waals surface area contributed by atoms with Gasteiger partial charge in [-0.05, 0) is 54.5 Å². The number of anilines is 1. The Morgan fingerprint density at radius 1 is 1.09 bits per heavy atom. The lowest BCUT2D eigenvalue weighted by molar-refractivity contribution is -0.116. The van der Waals surface area contributed by atoms with Crippen molar-refractivity contribution in [3.05, 3.63) is 89.4 Å². The number of amides is 2. The van der Waals surface area contributed by atoms with E-state index >= 15 is 0 Å². The minimum Gasteiger partial charge on any atom is -0.497 e. The number of nitrogens with one attached hydrogen (secondary N) is 2. The fourth-order valence-corrected chi connectivity index (χ4v) is 3.74. The third kappa shape index (κ3) is 4.69. The van der Waals surface area contributed by atoms with E-state index in [1.807, 2.05) is 4.57 Å². The van der Waals surface area contributed by atoms with Gasteiger partial charge in [0.25, 0.3) is 5.91 Å². The Balaban J connectivity index is 1.54. The van der Waals surface area contributed by atoms with Crippen LogP contribution in [0.3, 0.4) is 0 Å². The summed E-state index contributed by atoms with van der Waals surface area (Å²) in [5, 5.41) is 5.49. The summed E-state index contributed by atoms with van der Waals surface area (Å²) in [6.45, 7) is 4.43. The van der Waals surface area contributed by atoms with Crippen LogP contribution in [0.4, 0.5) is 5.82 Å². The zero-order valence-electron chi connectivity index (χ0n) is 18.3. The Kier molecular flexibility index (Phi) is 6.35. The molecule has 3 aromatic rings. The van der Waals surface area contributed by atoms with Crippen molar-refractivity contribution < 1.29 is 19.1 Å². The quantitative estimate of drug-likeness (QED) is 0.411. The summed E-state index contributed by atoms with van der Waals surface area (Å²) < 4.78 is 7.05. The van der Waals surface area contributed by atoms with Gasteiger partial charge in [-0.15, -0.1) is 0 Å². The highest BCUT2D eigenvalue weighted by molar-refractivity contribution is 6.14. The predicted molar refractivity (Wildman–Crippen MR) is 123 cm³/mol. The number of rotatable bonds is 8. The molecule has 168 valence electrons. The second kappa shape index (κ2) is 9.52. The smallest absolute Gasteiger partial charge is 0.256 e. The number of aromatic nitrogens is 2. The monoisotopic (exact) mass is 444 g/mol. The van der Waals surface area contributed by atoms with Crippen molar-refractivity contribution in [1.82, 2.24) is 14.9 Å². The van der Waals surface area contributed by atoms with E-state index in [-0.39, 0.29) is 23.4 Å². The zero-order chi connectivity index (χ0) is 23.4. The molecule has 4 rings (SSSR count). The molecule has 0 saturated carbocycles. The Hall–Kier alpha value is -4.20. The Bertz CT molecular complexity index is 1210. The van der Waals surface area contributed by atoms with Gasteiger partial charge in [-0.1, -0.05) is 18.7 Å². The molecule has 0 unspecified atom stereocenters. The molecule has 1 aromatic heterocycles. The van der Waals surface area contributed by atoms with Crippen LogP contribution in [0, 0.1) is 0 Å². The molecule has 2 aromatic carbocycles. The molecule has 33 heavy (non-hydrogen) atoms. The number of ether oxygens (including phenoxy) is 1. The highest BCUT2D eigenvalue weighted by Gasteiger charge is 2.28. The summed E-state index contributed by atoms with van der Waals surface area (Å²) in [7, 11) is 1.57. The van der Waals surface area contributed by atoms with Crippen molar-refractivity contribution in [3.63, 3.8) is 0 Å². The number of hydrogen-bond donors (Lipinski definition) is 2. The van der Waals surface area contributed by atoms with Crippen LogP contribution in [0.5, 0.6) is 5.75 Å². The van der Waals surface area contributed by atoms with Gasteiger partial charge >= 0.3 is 0 Å². The van der Waals surface area contributed by atoms with E-state index in [1.54, 1.807) is 55.6 Å². The van der Waals surface area contributed by atoms with E-state index < -0.39 is 0 Å². The first-order valence-corrected chi connectivity index (χ1v) is 10.6. The van der Waals surface area contributed by atoms with Crippen molar-refractivity contribution in [3.8, 4) is 5.75 Å². The van der Waals surface area contributed by atoms with Gasteiger partial charge in [-0.2, -0.15) is 0 Å². The molecular formula is C25H24N4O4. The van der Waals surface area contributed by atoms with Gasteiger partial charge < -0.3 is 19.9 Å². The van der Waals surface area contributed by atoms with E-state index in [4.69, 9.17) is 4.74 Å². The maximum absolute atomic E-state index is 13.3. The first-order chi connectivity index (χ1) is 16.0. The maximum Gasteiger partial charge on any atom is 0.256 e. The van der Waals surface area contributed by atoms with Gasteiger partial charge in [0.15, 0.2) is 5.82 Å². The number of imidazole rings is 1. The number of nitrogens with zero attached hydrogens (tertiary/aromatic N) is 2. The Morgan fingerprint density at radius 2 is 1.79 bits per heavy atom. The minimum atomic E-state index is -0.364. The number of carbonyl (C=O) groups is 3. The van der Waals surface area contributed by atoms with Crippen molar-refractivity contribution in [2.75, 3.05) is 12.4 Å². The summed E-state index contributed by atoms with van der Waals surface area (Å²) >= 11 is 0. The number of hydrogen-bond acceptors (Lipinski definition) is 5. The number of methoxy groups -OCH3 is 1. The number of carbonyl (C=O) groups excluding carboxylic acids is 3. The molecule has 0 fully saturated rings. The van der Waals surface area contributed by atoms with Crippen LogP contribution in [0.15, 0.2) is 61.2 Å². The first-order valence-electron chi connectivity index (χ1n) is 10.6. The molecule has 8 heteroatoms. The average molecular weight is 444 g/mol. The van der Waals surface area contributed by atoms with E-state index in [1.165, 1.54) is 6.08 Å². The van der Waals surface area contributed by atoms with Crippen LogP contribution in [-0.4, -0.2) is 34.3 Å². The number of benzene rings is 2. The topological polar surface area (TPSA) is 102 Å². The summed E-state index contributed by atoms with van der Waals surface area (Å²) in [6.07, 6.45) is 2.86. The van der Waals surface area contributed by atoms with Crippen LogP contribution in [0.25, 0.3) is 0 Å². The van der Waals surface area contributed by atoms with E-state index in [9.17, 15) is 14.4 Å². The molecule has 2 heterocycles. The lowest BCUT2D eigenvalue weighted by Crippen LogP contribution is -2.20. The SMILES string of the molecule is C=CC(=O)NCc1ccc(C(=O)Nc2nc3n(c2C(=O)c2ccc(OC)cc2)CCC3)cc1. The molecule has 1 aliphatic heterocycles. The van der Waals surface area contributed by atoms with Gasteiger partial charge in [0.2, 0.25) is 11.7 Å². The summed E-state index contributed by atoms with van der Waals surface area (Å²) in [6, 6.07) is 13.7. The van der Waals surface area contributed by atoms with Crippen LogP contribution < -0.4 is 15.4 Å². The number of fused-ring (bicyclic) bond motifs is 1. The van der Waals surface area contributed by atoms with Crippen LogP contribution in [0.1, 0.15) is 44.2 Å². The molecule has 0 spiro atoms.